The van der Waals surface area contributed by atoms with Gasteiger partial charge >= 0.3 is 0 Å². The second-order valence-electron chi connectivity index (χ2n) is 4.27. The predicted octanol–water partition coefficient (Wildman–Crippen LogP) is 2.63. The minimum Gasteiger partial charge on any atom is -0.308 e. The van der Waals surface area contributed by atoms with E-state index in [1.165, 1.54) is 25.0 Å². The van der Waals surface area contributed by atoms with Crippen molar-refractivity contribution in [3.8, 4) is 0 Å². The maximum absolute atomic E-state index is 4.29. The van der Waals surface area contributed by atoms with Crippen LogP contribution < -0.4 is 5.32 Å². The smallest absolute Gasteiger partial charge is 0.0695 e. The summed E-state index contributed by atoms with van der Waals surface area (Å²) in [5.41, 5.74) is 1.30. The zero-order chi connectivity index (χ0) is 10.8. The van der Waals surface area contributed by atoms with Crippen molar-refractivity contribution in [1.82, 2.24) is 15.1 Å². The lowest BCUT2D eigenvalue weighted by Crippen LogP contribution is -2.26. The molecule has 1 aromatic heterocycles. The first kappa shape index (κ1) is 11.1. The molecule has 1 fully saturated rings. The van der Waals surface area contributed by atoms with E-state index < -0.39 is 0 Å². The molecule has 0 aliphatic heterocycles. The zero-order valence-corrected chi connectivity index (χ0v) is 10.9. The Kier molecular flexibility index (Phi) is 3.46. The van der Waals surface area contributed by atoms with Crippen LogP contribution >= 0.6 is 15.9 Å². The van der Waals surface area contributed by atoms with Gasteiger partial charge in [0.25, 0.3) is 0 Å². The Hall–Kier alpha value is -0.350. The lowest BCUT2D eigenvalue weighted by Gasteiger charge is -2.18. The summed E-state index contributed by atoms with van der Waals surface area (Å²) in [6, 6.07) is 0.479. The van der Waals surface area contributed by atoms with Crippen LogP contribution in [0, 0.1) is 5.92 Å². The molecule has 0 amide bonds. The van der Waals surface area contributed by atoms with E-state index in [0.717, 1.165) is 16.9 Å². The summed E-state index contributed by atoms with van der Waals surface area (Å²) >= 11 is 3.58. The van der Waals surface area contributed by atoms with Crippen LogP contribution in [0.4, 0.5) is 0 Å². The molecule has 1 saturated carbocycles. The molecule has 84 valence electrons. The summed E-state index contributed by atoms with van der Waals surface area (Å²) in [6.07, 6.45) is 5.76. The number of aromatic nitrogens is 2. The van der Waals surface area contributed by atoms with Crippen molar-refractivity contribution in [3.05, 3.63) is 16.4 Å². The molecule has 15 heavy (non-hydrogen) atoms. The Balaban J connectivity index is 2.16. The van der Waals surface area contributed by atoms with Gasteiger partial charge in [0, 0.05) is 7.05 Å². The first-order chi connectivity index (χ1) is 7.24. The Bertz CT molecular complexity index is 311. The van der Waals surface area contributed by atoms with Gasteiger partial charge in [0.05, 0.1) is 22.4 Å². The molecule has 4 heteroatoms. The second kappa shape index (κ2) is 4.66. The topological polar surface area (TPSA) is 29.9 Å². The Morgan fingerprint density at radius 1 is 1.67 bits per heavy atom. The maximum atomic E-state index is 4.29. The van der Waals surface area contributed by atoms with Crippen molar-refractivity contribution in [2.24, 2.45) is 13.0 Å². The summed E-state index contributed by atoms with van der Waals surface area (Å²) in [5.74, 6) is 0.809. The van der Waals surface area contributed by atoms with Gasteiger partial charge in [-0.2, -0.15) is 5.10 Å². The molecule has 0 bridgehead atoms. The van der Waals surface area contributed by atoms with Crippen LogP contribution in [-0.4, -0.2) is 16.3 Å². The fourth-order valence-corrected chi connectivity index (χ4v) is 2.58. The third-order valence-electron chi connectivity index (χ3n) is 2.94. The Labute approximate surface area is 99.4 Å². The standard InChI is InChI=1S/C11H18BrN3/c1-3-6-13-10(8-4-5-8)11-9(12)7-14-15(11)2/h7-8,10,13H,3-6H2,1-2H3. The molecule has 3 nitrogen and oxygen atoms in total. The molecule has 1 aliphatic carbocycles. The molecule has 0 saturated heterocycles. The highest BCUT2D eigenvalue weighted by molar-refractivity contribution is 9.10. The average Bonchev–Trinajstić information content (AvgIpc) is 2.99. The van der Waals surface area contributed by atoms with E-state index in [-0.39, 0.29) is 0 Å². The lowest BCUT2D eigenvalue weighted by atomic mass is 10.1. The molecule has 0 radical (unpaired) electrons. The summed E-state index contributed by atoms with van der Waals surface area (Å²) in [5, 5.41) is 7.91. The van der Waals surface area contributed by atoms with Gasteiger partial charge in [0.1, 0.15) is 0 Å². The molecule has 1 heterocycles. The van der Waals surface area contributed by atoms with E-state index in [2.05, 4.69) is 33.3 Å². The number of hydrogen-bond donors (Lipinski definition) is 1. The van der Waals surface area contributed by atoms with Crippen LogP contribution in [0.1, 0.15) is 37.9 Å². The monoisotopic (exact) mass is 271 g/mol. The quantitative estimate of drug-likeness (QED) is 0.893. The lowest BCUT2D eigenvalue weighted by molar-refractivity contribution is 0.449. The van der Waals surface area contributed by atoms with Crippen molar-refractivity contribution in [1.29, 1.82) is 0 Å². The fraction of sp³-hybridized carbons (Fsp3) is 0.727. The van der Waals surface area contributed by atoms with Crippen LogP contribution in [0.3, 0.4) is 0 Å². The normalized spacial score (nSPS) is 18.1. The molecule has 1 aromatic rings. The van der Waals surface area contributed by atoms with Gasteiger partial charge in [-0.05, 0) is 47.7 Å². The number of hydrogen-bond acceptors (Lipinski definition) is 2. The number of nitrogens with one attached hydrogen (secondary N) is 1. The number of halogens is 1. The van der Waals surface area contributed by atoms with Gasteiger partial charge in [-0.15, -0.1) is 0 Å². The van der Waals surface area contributed by atoms with Crippen LogP contribution in [-0.2, 0) is 7.05 Å². The van der Waals surface area contributed by atoms with E-state index in [9.17, 15) is 0 Å². The highest BCUT2D eigenvalue weighted by Crippen LogP contribution is 2.42. The molecule has 2 rings (SSSR count). The molecule has 1 atom stereocenters. The largest absolute Gasteiger partial charge is 0.308 e. The third kappa shape index (κ3) is 2.42. The second-order valence-corrected chi connectivity index (χ2v) is 5.12. The van der Waals surface area contributed by atoms with Gasteiger partial charge < -0.3 is 5.32 Å². The number of rotatable bonds is 5. The van der Waals surface area contributed by atoms with E-state index in [0.29, 0.717) is 6.04 Å². The number of aryl methyl sites for hydroxylation is 1. The minimum absolute atomic E-state index is 0.479. The van der Waals surface area contributed by atoms with Crippen molar-refractivity contribution < 1.29 is 0 Å². The highest BCUT2D eigenvalue weighted by Gasteiger charge is 2.34. The molecular formula is C11H18BrN3. The van der Waals surface area contributed by atoms with E-state index in [1.54, 1.807) is 0 Å². The van der Waals surface area contributed by atoms with E-state index >= 15 is 0 Å². The summed E-state index contributed by atoms with van der Waals surface area (Å²) in [4.78, 5) is 0. The van der Waals surface area contributed by atoms with Crippen molar-refractivity contribution in [2.75, 3.05) is 6.54 Å². The van der Waals surface area contributed by atoms with Gasteiger partial charge in [-0.1, -0.05) is 6.92 Å². The number of nitrogens with zero attached hydrogens (tertiary/aromatic N) is 2. The molecule has 1 N–H and O–H groups in total. The van der Waals surface area contributed by atoms with Crippen molar-refractivity contribution in [3.63, 3.8) is 0 Å². The van der Waals surface area contributed by atoms with Gasteiger partial charge in [-0.25, -0.2) is 0 Å². The van der Waals surface area contributed by atoms with Crippen LogP contribution in [0.25, 0.3) is 0 Å². The molecule has 1 unspecified atom stereocenters. The summed E-state index contributed by atoms with van der Waals surface area (Å²) in [6.45, 7) is 3.29. The van der Waals surface area contributed by atoms with Crippen LogP contribution in [0.2, 0.25) is 0 Å². The van der Waals surface area contributed by atoms with Gasteiger partial charge in [-0.3, -0.25) is 4.68 Å². The Morgan fingerprint density at radius 2 is 2.40 bits per heavy atom. The third-order valence-corrected chi connectivity index (χ3v) is 3.55. The summed E-state index contributed by atoms with van der Waals surface area (Å²) < 4.78 is 3.11. The molecular weight excluding hydrogens is 254 g/mol. The van der Waals surface area contributed by atoms with Gasteiger partial charge in [0.2, 0.25) is 0 Å². The van der Waals surface area contributed by atoms with Gasteiger partial charge in [0.15, 0.2) is 0 Å². The molecule has 0 spiro atoms. The van der Waals surface area contributed by atoms with Crippen molar-refractivity contribution in [2.45, 2.75) is 32.2 Å². The predicted molar refractivity (Wildman–Crippen MR) is 64.7 cm³/mol. The SMILES string of the molecule is CCCNC(c1c(Br)cnn1C)C1CC1. The molecule has 1 aliphatic rings. The average molecular weight is 272 g/mol. The first-order valence-corrected chi connectivity index (χ1v) is 6.44. The fourth-order valence-electron chi connectivity index (χ4n) is 1.99. The van der Waals surface area contributed by atoms with E-state index in [4.69, 9.17) is 0 Å². The van der Waals surface area contributed by atoms with Crippen LogP contribution in [0.15, 0.2) is 10.7 Å². The van der Waals surface area contributed by atoms with Crippen LogP contribution in [0.5, 0.6) is 0 Å². The minimum atomic E-state index is 0.479. The highest BCUT2D eigenvalue weighted by atomic mass is 79.9. The Morgan fingerprint density at radius 3 is 2.87 bits per heavy atom. The van der Waals surface area contributed by atoms with Crippen molar-refractivity contribution >= 4 is 15.9 Å². The molecule has 0 aromatic carbocycles. The first-order valence-electron chi connectivity index (χ1n) is 5.64. The zero-order valence-electron chi connectivity index (χ0n) is 9.33. The summed E-state index contributed by atoms with van der Waals surface area (Å²) in [7, 11) is 2.02. The maximum Gasteiger partial charge on any atom is 0.0695 e. The van der Waals surface area contributed by atoms with E-state index in [1.807, 2.05) is 17.9 Å².